The van der Waals surface area contributed by atoms with E-state index < -0.39 is 15.6 Å². The van der Waals surface area contributed by atoms with Crippen molar-refractivity contribution in [3.05, 3.63) is 69.2 Å². The van der Waals surface area contributed by atoms with Crippen molar-refractivity contribution in [3.63, 3.8) is 0 Å². The highest BCUT2D eigenvalue weighted by Gasteiger charge is 2.25. The van der Waals surface area contributed by atoms with Gasteiger partial charge >= 0.3 is 0 Å². The maximum Gasteiger partial charge on any atom is 0.237 e. The van der Waals surface area contributed by atoms with Crippen molar-refractivity contribution < 1.29 is 13.2 Å². The highest BCUT2D eigenvalue weighted by atomic mass is 79.9. The van der Waals surface area contributed by atoms with Crippen LogP contribution < -0.4 is 0 Å². The average molecular weight is 486 g/mol. The molecule has 0 unspecified atom stereocenters. The van der Waals surface area contributed by atoms with Crippen LogP contribution in [0.4, 0.5) is 0 Å². The second-order valence-corrected chi connectivity index (χ2v) is 10.4. The third-order valence-electron chi connectivity index (χ3n) is 4.66. The Morgan fingerprint density at radius 1 is 1.00 bits per heavy atom. The minimum Gasteiger partial charge on any atom is -0.339 e. The first-order chi connectivity index (χ1) is 13.3. The topological polar surface area (TPSA) is 57.7 Å². The summed E-state index contributed by atoms with van der Waals surface area (Å²) in [5, 5.41) is 0.711. The Bertz CT molecular complexity index is 927. The van der Waals surface area contributed by atoms with E-state index in [0.29, 0.717) is 23.7 Å². The number of carbonyl (C=O) groups excluding carboxylic acids is 1. The second kappa shape index (κ2) is 9.39. The first-order valence-electron chi connectivity index (χ1n) is 9.00. The van der Waals surface area contributed by atoms with Gasteiger partial charge < -0.3 is 4.90 Å². The molecule has 0 saturated carbocycles. The number of carbonyl (C=O) groups is 1. The molecule has 5 nitrogen and oxygen atoms in total. The van der Waals surface area contributed by atoms with E-state index in [1.807, 2.05) is 30.3 Å². The molecule has 0 aromatic heterocycles. The van der Waals surface area contributed by atoms with E-state index >= 15 is 0 Å². The lowest BCUT2D eigenvalue weighted by Crippen LogP contribution is -2.49. The standard InChI is InChI=1S/C20H22BrClN2O3S/c21-18-3-1-2-17(12-18)14-28(26,27)15-20(25)24-10-8-23(9-11-24)13-16-4-6-19(22)7-5-16/h1-7,12H,8-11,13-15H2. The molecule has 1 amide bonds. The van der Waals surface area contributed by atoms with Gasteiger partial charge in [0.05, 0.1) is 5.75 Å². The molecule has 1 fully saturated rings. The van der Waals surface area contributed by atoms with E-state index in [1.165, 1.54) is 5.56 Å². The largest absolute Gasteiger partial charge is 0.339 e. The van der Waals surface area contributed by atoms with Crippen LogP contribution in [0, 0.1) is 0 Å². The number of hydrogen-bond acceptors (Lipinski definition) is 4. The van der Waals surface area contributed by atoms with E-state index in [2.05, 4.69) is 20.8 Å². The summed E-state index contributed by atoms with van der Waals surface area (Å²) in [5.41, 5.74) is 1.84. The minimum absolute atomic E-state index is 0.130. The van der Waals surface area contributed by atoms with Gasteiger partial charge in [0, 0.05) is 42.2 Å². The zero-order chi connectivity index (χ0) is 20.1. The third kappa shape index (κ3) is 6.30. The summed E-state index contributed by atoms with van der Waals surface area (Å²) in [6, 6.07) is 14.9. The smallest absolute Gasteiger partial charge is 0.237 e. The van der Waals surface area contributed by atoms with Crippen molar-refractivity contribution in [2.75, 3.05) is 31.9 Å². The number of piperazine rings is 1. The molecule has 0 bridgehead atoms. The number of rotatable bonds is 6. The molecule has 1 aliphatic heterocycles. The first kappa shape index (κ1) is 21.3. The van der Waals surface area contributed by atoms with Crippen LogP contribution in [0.2, 0.25) is 5.02 Å². The maximum atomic E-state index is 12.5. The van der Waals surface area contributed by atoms with Gasteiger partial charge in [-0.25, -0.2) is 8.42 Å². The van der Waals surface area contributed by atoms with Crippen LogP contribution in [-0.4, -0.2) is 56.1 Å². The van der Waals surface area contributed by atoms with Crippen LogP contribution in [0.3, 0.4) is 0 Å². The maximum absolute atomic E-state index is 12.5. The molecular weight excluding hydrogens is 464 g/mol. The van der Waals surface area contributed by atoms with Crippen LogP contribution in [0.15, 0.2) is 53.0 Å². The van der Waals surface area contributed by atoms with Crippen LogP contribution in [0.1, 0.15) is 11.1 Å². The lowest BCUT2D eigenvalue weighted by molar-refractivity contribution is -0.130. The predicted molar refractivity (Wildman–Crippen MR) is 115 cm³/mol. The van der Waals surface area contributed by atoms with Gasteiger partial charge in [-0.3, -0.25) is 9.69 Å². The lowest BCUT2D eigenvalue weighted by atomic mass is 10.2. The van der Waals surface area contributed by atoms with Gasteiger partial charge in [-0.1, -0.05) is 51.8 Å². The van der Waals surface area contributed by atoms with Gasteiger partial charge in [-0.15, -0.1) is 0 Å². The fourth-order valence-electron chi connectivity index (χ4n) is 3.21. The molecule has 0 aliphatic carbocycles. The predicted octanol–water partition coefficient (Wildman–Crippen LogP) is 3.36. The van der Waals surface area contributed by atoms with Crippen LogP contribution in [-0.2, 0) is 26.9 Å². The second-order valence-electron chi connectivity index (χ2n) is 6.95. The van der Waals surface area contributed by atoms with Gasteiger partial charge in [0.15, 0.2) is 9.84 Å². The third-order valence-corrected chi connectivity index (χ3v) is 6.87. The zero-order valence-corrected chi connectivity index (χ0v) is 18.5. The monoisotopic (exact) mass is 484 g/mol. The number of benzene rings is 2. The van der Waals surface area contributed by atoms with Crippen molar-refractivity contribution in [3.8, 4) is 0 Å². The summed E-state index contributed by atoms with van der Waals surface area (Å²) in [6.07, 6.45) is 0. The Labute approximate surface area is 179 Å². The summed E-state index contributed by atoms with van der Waals surface area (Å²) in [5.74, 6) is -0.896. The zero-order valence-electron chi connectivity index (χ0n) is 15.4. The van der Waals surface area contributed by atoms with E-state index in [9.17, 15) is 13.2 Å². The number of amides is 1. The van der Waals surface area contributed by atoms with E-state index in [-0.39, 0.29) is 11.7 Å². The molecule has 28 heavy (non-hydrogen) atoms. The molecule has 2 aromatic carbocycles. The molecule has 1 saturated heterocycles. The molecule has 150 valence electrons. The number of sulfone groups is 1. The molecule has 0 radical (unpaired) electrons. The fraction of sp³-hybridized carbons (Fsp3) is 0.350. The highest BCUT2D eigenvalue weighted by Crippen LogP contribution is 2.16. The Morgan fingerprint density at radius 2 is 1.68 bits per heavy atom. The molecule has 3 rings (SSSR count). The summed E-state index contributed by atoms with van der Waals surface area (Å²) in [7, 11) is -3.50. The summed E-state index contributed by atoms with van der Waals surface area (Å²) < 4.78 is 25.6. The summed E-state index contributed by atoms with van der Waals surface area (Å²) in [6.45, 7) is 3.32. The summed E-state index contributed by atoms with van der Waals surface area (Å²) >= 11 is 9.25. The molecule has 0 spiro atoms. The minimum atomic E-state index is -3.50. The first-order valence-corrected chi connectivity index (χ1v) is 12.0. The molecule has 0 atom stereocenters. The Hall–Kier alpha value is -1.41. The highest BCUT2D eigenvalue weighted by molar-refractivity contribution is 9.10. The van der Waals surface area contributed by atoms with Crippen LogP contribution >= 0.6 is 27.5 Å². The van der Waals surface area contributed by atoms with Crippen LogP contribution in [0.25, 0.3) is 0 Å². The van der Waals surface area contributed by atoms with Gasteiger partial charge in [-0.05, 0) is 35.4 Å². The quantitative estimate of drug-likeness (QED) is 0.629. The Kier molecular flexibility index (Phi) is 7.15. The van der Waals surface area contributed by atoms with Crippen molar-refractivity contribution in [2.45, 2.75) is 12.3 Å². The number of nitrogens with zero attached hydrogens (tertiary/aromatic N) is 2. The van der Waals surface area contributed by atoms with E-state index in [1.54, 1.807) is 23.1 Å². The van der Waals surface area contributed by atoms with Crippen molar-refractivity contribution >= 4 is 43.3 Å². The van der Waals surface area contributed by atoms with Crippen molar-refractivity contribution in [1.82, 2.24) is 9.80 Å². The Balaban J connectivity index is 1.49. The lowest BCUT2D eigenvalue weighted by Gasteiger charge is -2.34. The molecule has 0 N–H and O–H groups in total. The molecule has 1 aliphatic rings. The Morgan fingerprint density at radius 3 is 2.32 bits per heavy atom. The molecule has 2 aromatic rings. The number of halogens is 2. The SMILES string of the molecule is O=C(CS(=O)(=O)Cc1cccc(Br)c1)N1CCN(Cc2ccc(Cl)cc2)CC1. The van der Waals surface area contributed by atoms with Gasteiger partial charge in [0.25, 0.3) is 0 Å². The van der Waals surface area contributed by atoms with Gasteiger partial charge in [0.1, 0.15) is 5.75 Å². The average Bonchev–Trinajstić information content (AvgIpc) is 2.63. The fourth-order valence-corrected chi connectivity index (χ4v) is 5.14. The van der Waals surface area contributed by atoms with Gasteiger partial charge in [0.2, 0.25) is 5.91 Å². The molecule has 1 heterocycles. The van der Waals surface area contributed by atoms with E-state index in [0.717, 1.165) is 24.1 Å². The van der Waals surface area contributed by atoms with Gasteiger partial charge in [-0.2, -0.15) is 0 Å². The molecular formula is C20H22BrClN2O3S. The molecule has 8 heteroatoms. The van der Waals surface area contributed by atoms with E-state index in [4.69, 9.17) is 11.6 Å². The van der Waals surface area contributed by atoms with Crippen molar-refractivity contribution in [1.29, 1.82) is 0 Å². The van der Waals surface area contributed by atoms with Crippen molar-refractivity contribution in [2.24, 2.45) is 0 Å². The summed E-state index contributed by atoms with van der Waals surface area (Å²) in [4.78, 5) is 16.4. The number of hydrogen-bond donors (Lipinski definition) is 0. The van der Waals surface area contributed by atoms with Crippen LogP contribution in [0.5, 0.6) is 0 Å². The normalized spacial score (nSPS) is 15.6.